The molecule has 114 valence electrons. The average molecular weight is 306 g/mol. The van der Waals surface area contributed by atoms with Gasteiger partial charge in [0, 0.05) is 18.7 Å². The fourth-order valence-electron chi connectivity index (χ4n) is 1.60. The van der Waals surface area contributed by atoms with Crippen LogP contribution in [0.2, 0.25) is 0 Å². The van der Waals surface area contributed by atoms with E-state index in [-0.39, 0.29) is 24.6 Å². The molecule has 2 N–H and O–H groups in total. The molecule has 7 heteroatoms. The van der Waals surface area contributed by atoms with Gasteiger partial charge >= 0.3 is 0 Å². The second kappa shape index (κ2) is 7.10. The number of benzene rings is 1. The first-order chi connectivity index (χ1) is 9.33. The predicted octanol–water partition coefficient (Wildman–Crippen LogP) is 2.01. The predicted molar refractivity (Wildman–Crippen MR) is 73.8 cm³/mol. The first kappa shape index (κ1) is 17.0. The molecule has 0 heterocycles. The van der Waals surface area contributed by atoms with Crippen LogP contribution in [-0.4, -0.2) is 22.0 Å². The highest BCUT2D eigenvalue weighted by atomic mass is 32.2. The largest absolute Gasteiger partial charge is 0.315 e. The van der Waals surface area contributed by atoms with E-state index in [0.717, 1.165) is 18.6 Å². The first-order valence-electron chi connectivity index (χ1n) is 6.44. The summed E-state index contributed by atoms with van der Waals surface area (Å²) < 4.78 is 54.0. The molecule has 0 amide bonds. The Bertz CT molecular complexity index is 562. The number of rotatable bonds is 7. The van der Waals surface area contributed by atoms with E-state index in [1.54, 1.807) is 0 Å². The Balaban J connectivity index is 3.09. The van der Waals surface area contributed by atoms with E-state index in [1.807, 2.05) is 13.8 Å². The number of sulfonamides is 1. The third-order valence-electron chi connectivity index (χ3n) is 3.11. The zero-order chi connectivity index (χ0) is 15.3. The Labute approximate surface area is 118 Å². The van der Waals surface area contributed by atoms with Crippen molar-refractivity contribution < 1.29 is 17.2 Å². The van der Waals surface area contributed by atoms with Crippen molar-refractivity contribution in [1.29, 1.82) is 0 Å². The Kier molecular flexibility index (Phi) is 6.04. The van der Waals surface area contributed by atoms with Crippen molar-refractivity contribution >= 4 is 10.0 Å². The third-order valence-corrected chi connectivity index (χ3v) is 4.55. The van der Waals surface area contributed by atoms with Crippen LogP contribution >= 0.6 is 0 Å². The minimum absolute atomic E-state index is 0.0770. The number of hydrogen-bond donors (Lipinski definition) is 2. The minimum atomic E-state index is -3.97. The van der Waals surface area contributed by atoms with Crippen LogP contribution in [-0.2, 0) is 16.6 Å². The second-order valence-corrected chi connectivity index (χ2v) is 6.47. The topological polar surface area (TPSA) is 58.2 Å². The molecule has 1 rings (SSSR count). The molecule has 0 fully saturated rings. The molecular weight excluding hydrogens is 286 g/mol. The van der Waals surface area contributed by atoms with E-state index in [0.29, 0.717) is 0 Å². The van der Waals surface area contributed by atoms with Crippen LogP contribution in [0, 0.1) is 17.6 Å². The summed E-state index contributed by atoms with van der Waals surface area (Å²) in [5, 5.41) is 2.61. The number of nitrogens with one attached hydrogen (secondary N) is 2. The van der Waals surface area contributed by atoms with E-state index in [9.17, 15) is 17.2 Å². The lowest BCUT2D eigenvalue weighted by Crippen LogP contribution is -2.29. The second-order valence-electron chi connectivity index (χ2n) is 4.73. The van der Waals surface area contributed by atoms with Crippen LogP contribution in [0.1, 0.15) is 25.8 Å². The summed E-state index contributed by atoms with van der Waals surface area (Å²) in [5.41, 5.74) is -0.279. The molecule has 0 radical (unpaired) electrons. The fraction of sp³-hybridized carbons (Fsp3) is 0.538. The minimum Gasteiger partial charge on any atom is -0.315 e. The van der Waals surface area contributed by atoms with Crippen molar-refractivity contribution in [3.8, 4) is 0 Å². The van der Waals surface area contributed by atoms with Crippen LogP contribution < -0.4 is 10.0 Å². The maximum absolute atomic E-state index is 14.1. The van der Waals surface area contributed by atoms with E-state index in [1.165, 1.54) is 7.05 Å². The highest BCUT2D eigenvalue weighted by Gasteiger charge is 2.23. The Hall–Kier alpha value is -1.05. The summed E-state index contributed by atoms with van der Waals surface area (Å²) in [6, 6.07) is 1.91. The van der Waals surface area contributed by atoms with Crippen LogP contribution in [0.15, 0.2) is 17.0 Å². The maximum atomic E-state index is 14.1. The van der Waals surface area contributed by atoms with Gasteiger partial charge in [-0.2, -0.15) is 0 Å². The molecule has 1 atom stereocenters. The van der Waals surface area contributed by atoms with Gasteiger partial charge in [-0.05, 0) is 25.1 Å². The standard InChI is InChI=1S/C13H20F2N2O2S/c1-4-9(2)7-17-20(18,19)12-6-5-11(14)10(8-16-3)13(12)15/h5-6,9,16-17H,4,7-8H2,1-3H3. The van der Waals surface area contributed by atoms with Gasteiger partial charge < -0.3 is 5.32 Å². The van der Waals surface area contributed by atoms with Gasteiger partial charge in [0.2, 0.25) is 10.0 Å². The lowest BCUT2D eigenvalue weighted by atomic mass is 10.1. The Morgan fingerprint density at radius 2 is 1.95 bits per heavy atom. The molecule has 0 bridgehead atoms. The van der Waals surface area contributed by atoms with Crippen molar-refractivity contribution in [2.24, 2.45) is 5.92 Å². The van der Waals surface area contributed by atoms with Crippen molar-refractivity contribution in [2.45, 2.75) is 31.7 Å². The van der Waals surface area contributed by atoms with E-state index in [2.05, 4.69) is 10.0 Å². The van der Waals surface area contributed by atoms with Gasteiger partial charge in [-0.1, -0.05) is 20.3 Å². The van der Waals surface area contributed by atoms with Gasteiger partial charge in [0.1, 0.15) is 10.7 Å². The monoisotopic (exact) mass is 306 g/mol. The van der Waals surface area contributed by atoms with Gasteiger partial charge in [0.25, 0.3) is 0 Å². The van der Waals surface area contributed by atoms with Gasteiger partial charge in [0.05, 0.1) is 0 Å². The molecule has 20 heavy (non-hydrogen) atoms. The molecule has 4 nitrogen and oxygen atoms in total. The molecule has 1 aromatic carbocycles. The van der Waals surface area contributed by atoms with E-state index >= 15 is 0 Å². The summed E-state index contributed by atoms with van der Waals surface area (Å²) in [6.45, 7) is 3.96. The van der Waals surface area contributed by atoms with Crippen molar-refractivity contribution in [2.75, 3.05) is 13.6 Å². The smallest absolute Gasteiger partial charge is 0.243 e. The molecule has 1 aromatic rings. The Morgan fingerprint density at radius 3 is 2.50 bits per heavy atom. The highest BCUT2D eigenvalue weighted by molar-refractivity contribution is 7.89. The molecule has 0 aliphatic carbocycles. The maximum Gasteiger partial charge on any atom is 0.243 e. The zero-order valence-corrected chi connectivity index (χ0v) is 12.7. The lowest BCUT2D eigenvalue weighted by molar-refractivity contribution is 0.507. The average Bonchev–Trinajstić information content (AvgIpc) is 2.40. The van der Waals surface area contributed by atoms with Crippen molar-refractivity contribution in [1.82, 2.24) is 10.0 Å². The van der Waals surface area contributed by atoms with Gasteiger partial charge in [-0.15, -0.1) is 0 Å². The lowest BCUT2D eigenvalue weighted by Gasteiger charge is -2.13. The Morgan fingerprint density at radius 1 is 1.30 bits per heavy atom. The molecule has 0 saturated heterocycles. The number of halogens is 2. The molecule has 0 aromatic heterocycles. The quantitative estimate of drug-likeness (QED) is 0.810. The van der Waals surface area contributed by atoms with E-state index < -0.39 is 26.6 Å². The summed E-state index contributed by atoms with van der Waals surface area (Å²) >= 11 is 0. The molecule has 0 spiro atoms. The van der Waals surface area contributed by atoms with Gasteiger partial charge in [-0.3, -0.25) is 0 Å². The summed E-state index contributed by atoms with van der Waals surface area (Å²) in [4.78, 5) is -0.521. The SMILES string of the molecule is CCC(C)CNS(=O)(=O)c1ccc(F)c(CNC)c1F. The molecular formula is C13H20F2N2O2S. The molecule has 1 unspecified atom stereocenters. The van der Waals surface area contributed by atoms with Crippen LogP contribution in [0.5, 0.6) is 0 Å². The van der Waals surface area contributed by atoms with Crippen LogP contribution in [0.4, 0.5) is 8.78 Å². The van der Waals surface area contributed by atoms with Crippen molar-refractivity contribution in [3.05, 3.63) is 29.3 Å². The van der Waals surface area contributed by atoms with E-state index in [4.69, 9.17) is 0 Å². The van der Waals surface area contributed by atoms with Gasteiger partial charge in [-0.25, -0.2) is 21.9 Å². The molecule has 0 aliphatic rings. The summed E-state index contributed by atoms with van der Waals surface area (Å²) in [5.74, 6) is -1.67. The normalized spacial score (nSPS) is 13.4. The van der Waals surface area contributed by atoms with Crippen molar-refractivity contribution in [3.63, 3.8) is 0 Å². The highest BCUT2D eigenvalue weighted by Crippen LogP contribution is 2.21. The molecule has 0 aliphatic heterocycles. The summed E-state index contributed by atoms with van der Waals surface area (Å²) in [6.07, 6.45) is 0.805. The number of hydrogen-bond acceptors (Lipinski definition) is 3. The summed E-state index contributed by atoms with van der Waals surface area (Å²) in [7, 11) is -2.44. The van der Waals surface area contributed by atoms with Crippen LogP contribution in [0.3, 0.4) is 0 Å². The fourth-order valence-corrected chi connectivity index (χ4v) is 2.86. The third kappa shape index (κ3) is 3.97. The first-order valence-corrected chi connectivity index (χ1v) is 7.93. The zero-order valence-electron chi connectivity index (χ0n) is 11.8. The molecule has 0 saturated carbocycles. The van der Waals surface area contributed by atoms with Gasteiger partial charge in [0.15, 0.2) is 5.82 Å². The van der Waals surface area contributed by atoms with Crippen LogP contribution in [0.25, 0.3) is 0 Å².